The van der Waals surface area contributed by atoms with E-state index in [9.17, 15) is 4.79 Å². The van der Waals surface area contributed by atoms with Crippen molar-refractivity contribution in [3.8, 4) is 5.75 Å². The van der Waals surface area contributed by atoms with Gasteiger partial charge in [-0.05, 0) is 62.9 Å². The van der Waals surface area contributed by atoms with Crippen molar-refractivity contribution in [3.05, 3.63) is 29.8 Å². The van der Waals surface area contributed by atoms with Gasteiger partial charge in [-0.3, -0.25) is 9.69 Å². The number of nitrogens with zero attached hydrogens (tertiary/aromatic N) is 1. The molecule has 1 aromatic rings. The number of ether oxygens (including phenoxy) is 1. The zero-order valence-electron chi connectivity index (χ0n) is 15.7. The number of piperidine rings is 1. The van der Waals surface area contributed by atoms with Crippen LogP contribution in [0.5, 0.6) is 5.75 Å². The Hall–Kier alpha value is -1.20. The molecule has 4 rings (SSSR count). The summed E-state index contributed by atoms with van der Waals surface area (Å²) >= 11 is 2.09. The van der Waals surface area contributed by atoms with Gasteiger partial charge >= 0.3 is 0 Å². The summed E-state index contributed by atoms with van der Waals surface area (Å²) in [6, 6.07) is 8.77. The van der Waals surface area contributed by atoms with Gasteiger partial charge in [0.25, 0.3) is 0 Å². The molecule has 3 fully saturated rings. The number of rotatable bonds is 6. The first-order valence-corrected chi connectivity index (χ1v) is 11.1. The van der Waals surface area contributed by atoms with Crippen molar-refractivity contribution in [2.45, 2.75) is 43.6 Å². The van der Waals surface area contributed by atoms with Crippen molar-refractivity contribution in [2.24, 2.45) is 5.92 Å². The Morgan fingerprint density at radius 3 is 2.69 bits per heavy atom. The zero-order chi connectivity index (χ0) is 18.0. The fourth-order valence-corrected chi connectivity index (χ4v) is 5.78. The van der Waals surface area contributed by atoms with E-state index in [4.69, 9.17) is 4.74 Å². The van der Waals surface area contributed by atoms with Crippen LogP contribution in [0.4, 0.5) is 0 Å². The van der Waals surface area contributed by atoms with Gasteiger partial charge in [-0.1, -0.05) is 18.2 Å². The summed E-state index contributed by atoms with van der Waals surface area (Å²) in [5.74, 6) is 4.28. The normalized spacial score (nSPS) is 25.8. The van der Waals surface area contributed by atoms with E-state index in [1.165, 1.54) is 43.9 Å². The molecule has 2 aliphatic heterocycles. The first-order valence-electron chi connectivity index (χ1n) is 9.96. The fourth-order valence-electron chi connectivity index (χ4n) is 4.52. The van der Waals surface area contributed by atoms with Gasteiger partial charge in [0.1, 0.15) is 5.75 Å². The van der Waals surface area contributed by atoms with E-state index in [1.54, 1.807) is 7.11 Å². The maximum absolute atomic E-state index is 12.9. The van der Waals surface area contributed by atoms with Crippen LogP contribution >= 0.6 is 11.8 Å². The third-order valence-electron chi connectivity index (χ3n) is 6.43. The van der Waals surface area contributed by atoms with Crippen LogP contribution in [0.25, 0.3) is 0 Å². The molecule has 0 spiro atoms. The van der Waals surface area contributed by atoms with Gasteiger partial charge in [0, 0.05) is 23.9 Å². The largest absolute Gasteiger partial charge is 0.496 e. The SMILES string of the molecule is COc1ccccc1C1(C(=O)NCC2CCN(C3CCSC3)CC2)CC1. The van der Waals surface area contributed by atoms with Crippen LogP contribution in [0.1, 0.15) is 37.7 Å². The van der Waals surface area contributed by atoms with E-state index in [0.29, 0.717) is 5.92 Å². The number of para-hydroxylation sites is 1. The molecule has 3 aliphatic rings. The highest BCUT2D eigenvalue weighted by Gasteiger charge is 2.52. The molecule has 1 amide bonds. The number of carbonyl (C=O) groups excluding carboxylic acids is 1. The molecule has 0 aromatic heterocycles. The Labute approximate surface area is 161 Å². The molecule has 1 unspecified atom stereocenters. The highest BCUT2D eigenvalue weighted by atomic mass is 32.2. The smallest absolute Gasteiger partial charge is 0.230 e. The number of hydrogen-bond donors (Lipinski definition) is 1. The average molecular weight is 375 g/mol. The van der Waals surface area contributed by atoms with Crippen LogP contribution in [0.3, 0.4) is 0 Å². The van der Waals surface area contributed by atoms with Gasteiger partial charge < -0.3 is 10.1 Å². The molecule has 0 radical (unpaired) electrons. The third kappa shape index (κ3) is 3.61. The van der Waals surface area contributed by atoms with Crippen LogP contribution in [0.2, 0.25) is 0 Å². The molecule has 2 saturated heterocycles. The maximum atomic E-state index is 12.9. The molecule has 1 aliphatic carbocycles. The van der Waals surface area contributed by atoms with Crippen molar-refractivity contribution in [3.63, 3.8) is 0 Å². The van der Waals surface area contributed by atoms with Crippen molar-refractivity contribution >= 4 is 17.7 Å². The zero-order valence-corrected chi connectivity index (χ0v) is 16.5. The van der Waals surface area contributed by atoms with Gasteiger partial charge in [-0.2, -0.15) is 11.8 Å². The van der Waals surface area contributed by atoms with E-state index in [1.807, 2.05) is 24.3 Å². The summed E-state index contributed by atoms with van der Waals surface area (Å²) in [6.45, 7) is 3.22. The molecule has 4 nitrogen and oxygen atoms in total. The molecule has 1 saturated carbocycles. The predicted molar refractivity (Wildman–Crippen MR) is 107 cm³/mol. The van der Waals surface area contributed by atoms with E-state index in [0.717, 1.165) is 36.7 Å². The number of likely N-dealkylation sites (tertiary alicyclic amines) is 1. The summed E-state index contributed by atoms with van der Waals surface area (Å²) in [5, 5.41) is 3.27. The van der Waals surface area contributed by atoms with Crippen LogP contribution in [0, 0.1) is 5.92 Å². The summed E-state index contributed by atoms with van der Waals surface area (Å²) in [7, 11) is 1.68. The topological polar surface area (TPSA) is 41.6 Å². The lowest BCUT2D eigenvalue weighted by atomic mass is 9.92. The molecule has 2 heterocycles. The van der Waals surface area contributed by atoms with Crippen molar-refractivity contribution in [1.29, 1.82) is 0 Å². The standard InChI is InChI=1S/C21H30N2O2S/c1-25-19-5-3-2-4-18(19)21(9-10-21)20(24)22-14-16-6-11-23(12-7-16)17-8-13-26-15-17/h2-5,16-17H,6-15H2,1H3,(H,22,24). The van der Waals surface area contributed by atoms with Gasteiger partial charge in [0.15, 0.2) is 0 Å². The third-order valence-corrected chi connectivity index (χ3v) is 7.57. The first-order chi connectivity index (χ1) is 12.7. The summed E-state index contributed by atoms with van der Waals surface area (Å²) in [4.78, 5) is 15.6. The molecule has 0 bridgehead atoms. The Morgan fingerprint density at radius 2 is 2.04 bits per heavy atom. The van der Waals surface area contributed by atoms with Gasteiger partial charge in [0.2, 0.25) is 5.91 Å². The average Bonchev–Trinajstić information content (AvgIpc) is 3.32. The van der Waals surface area contributed by atoms with E-state index in [-0.39, 0.29) is 11.3 Å². The lowest BCUT2D eigenvalue weighted by molar-refractivity contribution is -0.123. The number of methoxy groups -OCH3 is 1. The predicted octanol–water partition coefficient (Wildman–Crippen LogP) is 3.06. The highest BCUT2D eigenvalue weighted by Crippen LogP contribution is 2.51. The Balaban J connectivity index is 1.29. The number of thioether (sulfide) groups is 1. The van der Waals surface area contributed by atoms with E-state index >= 15 is 0 Å². The fraction of sp³-hybridized carbons (Fsp3) is 0.667. The minimum atomic E-state index is -0.353. The maximum Gasteiger partial charge on any atom is 0.230 e. The lowest BCUT2D eigenvalue weighted by Gasteiger charge is -2.36. The van der Waals surface area contributed by atoms with Gasteiger partial charge in [-0.15, -0.1) is 0 Å². The molecule has 5 heteroatoms. The Morgan fingerprint density at radius 1 is 1.27 bits per heavy atom. The first kappa shape index (κ1) is 18.2. The Bertz CT molecular complexity index is 633. The summed E-state index contributed by atoms with van der Waals surface area (Å²) < 4.78 is 5.49. The van der Waals surface area contributed by atoms with Crippen LogP contribution in [0.15, 0.2) is 24.3 Å². The molecular formula is C21H30N2O2S. The number of benzene rings is 1. The number of hydrogen-bond acceptors (Lipinski definition) is 4. The lowest BCUT2D eigenvalue weighted by Crippen LogP contribution is -2.44. The van der Waals surface area contributed by atoms with Crippen LogP contribution in [-0.2, 0) is 10.2 Å². The minimum Gasteiger partial charge on any atom is -0.496 e. The Kier molecular flexibility index (Phi) is 5.46. The molecular weight excluding hydrogens is 344 g/mol. The highest BCUT2D eigenvalue weighted by molar-refractivity contribution is 7.99. The second-order valence-electron chi connectivity index (χ2n) is 7.99. The minimum absolute atomic E-state index is 0.191. The second-order valence-corrected chi connectivity index (χ2v) is 9.14. The van der Waals surface area contributed by atoms with Crippen LogP contribution < -0.4 is 10.1 Å². The summed E-state index contributed by atoms with van der Waals surface area (Å²) in [6.07, 6.45) is 5.63. The van der Waals surface area contributed by atoms with E-state index in [2.05, 4.69) is 22.0 Å². The summed E-state index contributed by atoms with van der Waals surface area (Å²) in [5.41, 5.74) is 0.697. The van der Waals surface area contributed by atoms with Crippen LogP contribution in [-0.4, -0.2) is 55.1 Å². The van der Waals surface area contributed by atoms with Gasteiger partial charge in [0.05, 0.1) is 12.5 Å². The monoisotopic (exact) mass is 374 g/mol. The van der Waals surface area contributed by atoms with Crippen molar-refractivity contribution in [1.82, 2.24) is 10.2 Å². The van der Waals surface area contributed by atoms with Crippen molar-refractivity contribution in [2.75, 3.05) is 38.2 Å². The molecule has 1 aromatic carbocycles. The molecule has 1 N–H and O–H groups in total. The number of carbonyl (C=O) groups is 1. The molecule has 26 heavy (non-hydrogen) atoms. The molecule has 142 valence electrons. The van der Waals surface area contributed by atoms with Crippen molar-refractivity contribution < 1.29 is 9.53 Å². The number of nitrogens with one attached hydrogen (secondary N) is 1. The number of amides is 1. The van der Waals surface area contributed by atoms with Gasteiger partial charge in [-0.25, -0.2) is 0 Å². The molecule has 1 atom stereocenters. The quantitative estimate of drug-likeness (QED) is 0.831. The van der Waals surface area contributed by atoms with E-state index < -0.39 is 0 Å². The second kappa shape index (κ2) is 7.81.